The van der Waals surface area contributed by atoms with Crippen molar-refractivity contribution in [3.05, 3.63) is 59.4 Å². The Kier molecular flexibility index (Phi) is 5.36. The summed E-state index contributed by atoms with van der Waals surface area (Å²) in [7, 11) is 1.44. The van der Waals surface area contributed by atoms with Gasteiger partial charge < -0.3 is 19.1 Å². The van der Waals surface area contributed by atoms with Crippen molar-refractivity contribution in [1.82, 2.24) is 14.4 Å². The number of methoxy groups -OCH3 is 1. The van der Waals surface area contributed by atoms with Crippen LogP contribution in [0.1, 0.15) is 30.1 Å². The molecule has 1 saturated carbocycles. The Morgan fingerprint density at radius 3 is 2.69 bits per heavy atom. The summed E-state index contributed by atoms with van der Waals surface area (Å²) >= 11 is 0. The first kappa shape index (κ1) is 19.6. The second-order valence-electron chi connectivity index (χ2n) is 7.47. The van der Waals surface area contributed by atoms with Gasteiger partial charge in [0.25, 0.3) is 0 Å². The molecule has 154 valence electrons. The second kappa shape index (κ2) is 7.94. The highest BCUT2D eigenvalue weighted by Gasteiger charge is 2.38. The third kappa shape index (κ3) is 3.89. The highest BCUT2D eigenvalue weighted by atomic mass is 19.1. The molecule has 8 heteroatoms. The summed E-state index contributed by atoms with van der Waals surface area (Å²) in [5, 5.41) is 0. The van der Waals surface area contributed by atoms with Crippen LogP contribution in [-0.4, -0.2) is 59.0 Å². The number of amides is 2. The molecule has 4 rings (SSSR count). The van der Waals surface area contributed by atoms with Gasteiger partial charge >= 0.3 is 0 Å². The maximum atomic E-state index is 14.6. The largest absolute Gasteiger partial charge is 0.375 e. The summed E-state index contributed by atoms with van der Waals surface area (Å²) in [6.07, 6.45) is 3.60. The lowest BCUT2D eigenvalue weighted by atomic mass is 9.99. The van der Waals surface area contributed by atoms with Gasteiger partial charge in [-0.2, -0.15) is 0 Å². The molecular formula is C21H23F2N3O3. The van der Waals surface area contributed by atoms with Gasteiger partial charge in [0.05, 0.1) is 0 Å². The molecule has 1 aromatic carbocycles. The normalized spacial score (nSPS) is 18.4. The van der Waals surface area contributed by atoms with E-state index >= 15 is 0 Å². The number of halogens is 2. The summed E-state index contributed by atoms with van der Waals surface area (Å²) in [5.41, 5.74) is 0.997. The average Bonchev–Trinajstić information content (AvgIpc) is 3.41. The van der Waals surface area contributed by atoms with Crippen molar-refractivity contribution in [3.63, 3.8) is 0 Å². The average molecular weight is 403 g/mol. The van der Waals surface area contributed by atoms with Gasteiger partial charge in [-0.1, -0.05) is 6.07 Å². The van der Waals surface area contributed by atoms with Crippen molar-refractivity contribution in [1.29, 1.82) is 0 Å². The van der Waals surface area contributed by atoms with Crippen molar-refractivity contribution >= 4 is 11.8 Å². The van der Waals surface area contributed by atoms with Crippen molar-refractivity contribution in [2.24, 2.45) is 0 Å². The number of aromatic nitrogens is 1. The van der Waals surface area contributed by atoms with Crippen LogP contribution in [0.5, 0.6) is 0 Å². The Hall–Kier alpha value is -2.74. The summed E-state index contributed by atoms with van der Waals surface area (Å²) in [6, 6.07) is 6.46. The van der Waals surface area contributed by atoms with E-state index in [2.05, 4.69) is 0 Å². The number of rotatable bonds is 6. The van der Waals surface area contributed by atoms with E-state index in [9.17, 15) is 18.4 Å². The molecular weight excluding hydrogens is 380 g/mol. The first-order valence-corrected chi connectivity index (χ1v) is 9.67. The maximum Gasteiger partial charge on any atom is 0.249 e. The number of carbonyl (C=O) groups excluding carboxylic acids is 2. The Balaban J connectivity index is 1.64. The van der Waals surface area contributed by atoms with E-state index in [0.717, 1.165) is 24.6 Å². The van der Waals surface area contributed by atoms with Crippen LogP contribution in [0.4, 0.5) is 8.78 Å². The van der Waals surface area contributed by atoms with Crippen LogP contribution in [0, 0.1) is 11.6 Å². The molecule has 1 aromatic heterocycles. The van der Waals surface area contributed by atoms with Gasteiger partial charge in [-0.15, -0.1) is 0 Å². The van der Waals surface area contributed by atoms with Crippen LogP contribution >= 0.6 is 0 Å². The molecule has 29 heavy (non-hydrogen) atoms. The van der Waals surface area contributed by atoms with Gasteiger partial charge in [-0.05, 0) is 31.0 Å². The first-order valence-electron chi connectivity index (χ1n) is 9.67. The fourth-order valence-electron chi connectivity index (χ4n) is 3.95. The molecule has 6 nitrogen and oxygen atoms in total. The molecule has 1 atom stereocenters. The molecule has 2 amide bonds. The van der Waals surface area contributed by atoms with Gasteiger partial charge in [0.2, 0.25) is 11.8 Å². The Bertz CT molecular complexity index is 926. The molecule has 0 spiro atoms. The zero-order valence-electron chi connectivity index (χ0n) is 16.2. The van der Waals surface area contributed by atoms with Crippen molar-refractivity contribution in [2.75, 3.05) is 26.8 Å². The third-order valence-electron chi connectivity index (χ3n) is 5.50. The summed E-state index contributed by atoms with van der Waals surface area (Å²) < 4.78 is 35.0. The standard InChI is InChI=1S/C21H23F2N3O3/c1-29-13-20(28)26(15-5-6-15)12-19(27)25-10-9-24-8-2-3-18(24)21(25)16-7-4-14(22)11-17(16)23/h2-4,7-8,11,15,21H,5-6,9-10,12-13H2,1H3/t21-/m0/s1. The number of hydrogen-bond donors (Lipinski definition) is 0. The summed E-state index contributed by atoms with van der Waals surface area (Å²) in [4.78, 5) is 28.7. The van der Waals surface area contributed by atoms with E-state index in [-0.39, 0.29) is 36.6 Å². The van der Waals surface area contributed by atoms with E-state index in [1.807, 2.05) is 22.9 Å². The van der Waals surface area contributed by atoms with Crippen LogP contribution in [0.25, 0.3) is 0 Å². The first-order chi connectivity index (χ1) is 14.0. The van der Waals surface area contributed by atoms with E-state index in [1.165, 1.54) is 19.2 Å². The molecule has 2 aromatic rings. The van der Waals surface area contributed by atoms with Gasteiger partial charge in [0.1, 0.15) is 30.8 Å². The van der Waals surface area contributed by atoms with Gasteiger partial charge in [-0.25, -0.2) is 8.78 Å². The number of benzene rings is 1. The molecule has 1 aliphatic carbocycles. The number of ether oxygens (including phenoxy) is 1. The van der Waals surface area contributed by atoms with E-state index in [0.29, 0.717) is 13.1 Å². The summed E-state index contributed by atoms with van der Waals surface area (Å²) in [5.74, 6) is -1.85. The predicted octanol–water partition coefficient (Wildman–Crippen LogP) is 2.34. The third-order valence-corrected chi connectivity index (χ3v) is 5.50. The van der Waals surface area contributed by atoms with Crippen LogP contribution in [0.2, 0.25) is 0 Å². The number of hydrogen-bond acceptors (Lipinski definition) is 3. The molecule has 0 radical (unpaired) electrons. The fraction of sp³-hybridized carbons (Fsp3) is 0.429. The molecule has 1 aliphatic heterocycles. The fourth-order valence-corrected chi connectivity index (χ4v) is 3.95. The SMILES string of the molecule is COCC(=O)N(CC(=O)N1CCn2cccc2[C@@H]1c1ccc(F)cc1F)C1CC1. The van der Waals surface area contributed by atoms with Crippen molar-refractivity contribution in [2.45, 2.75) is 31.5 Å². The number of nitrogens with zero attached hydrogens (tertiary/aromatic N) is 3. The van der Waals surface area contributed by atoms with E-state index < -0.39 is 17.7 Å². The number of carbonyl (C=O) groups is 2. The van der Waals surface area contributed by atoms with Crippen molar-refractivity contribution < 1.29 is 23.1 Å². The molecule has 2 aliphatic rings. The maximum absolute atomic E-state index is 14.6. The lowest BCUT2D eigenvalue weighted by Gasteiger charge is -2.38. The minimum absolute atomic E-state index is 0.0521. The van der Waals surface area contributed by atoms with Crippen LogP contribution in [-0.2, 0) is 20.9 Å². The Morgan fingerprint density at radius 2 is 2.00 bits per heavy atom. The zero-order valence-corrected chi connectivity index (χ0v) is 16.2. The smallest absolute Gasteiger partial charge is 0.249 e. The van der Waals surface area contributed by atoms with Crippen molar-refractivity contribution in [3.8, 4) is 0 Å². The topological polar surface area (TPSA) is 54.8 Å². The minimum atomic E-state index is -0.697. The lowest BCUT2D eigenvalue weighted by Crippen LogP contribution is -2.49. The molecule has 0 bridgehead atoms. The van der Waals surface area contributed by atoms with Gasteiger partial charge in [0, 0.05) is 49.8 Å². The molecule has 0 unspecified atom stereocenters. The quantitative estimate of drug-likeness (QED) is 0.744. The molecule has 0 N–H and O–H groups in total. The Labute approximate surface area is 167 Å². The lowest BCUT2D eigenvalue weighted by molar-refractivity contribution is -0.144. The highest BCUT2D eigenvalue weighted by Crippen LogP contribution is 2.35. The monoisotopic (exact) mass is 403 g/mol. The van der Waals surface area contributed by atoms with E-state index in [4.69, 9.17) is 4.74 Å². The second-order valence-corrected chi connectivity index (χ2v) is 7.47. The van der Waals surface area contributed by atoms with Gasteiger partial charge in [-0.3, -0.25) is 9.59 Å². The zero-order chi connectivity index (χ0) is 20.5. The highest BCUT2D eigenvalue weighted by molar-refractivity contribution is 5.86. The van der Waals surface area contributed by atoms with Crippen LogP contribution in [0.15, 0.2) is 36.5 Å². The van der Waals surface area contributed by atoms with Gasteiger partial charge in [0.15, 0.2) is 0 Å². The predicted molar refractivity (Wildman–Crippen MR) is 101 cm³/mol. The molecule has 2 heterocycles. The Morgan fingerprint density at radius 1 is 1.21 bits per heavy atom. The van der Waals surface area contributed by atoms with E-state index in [1.54, 1.807) is 9.80 Å². The summed E-state index contributed by atoms with van der Waals surface area (Å²) in [6.45, 7) is 0.789. The number of fused-ring (bicyclic) bond motifs is 1. The molecule has 0 saturated heterocycles. The van der Waals surface area contributed by atoms with Crippen LogP contribution < -0.4 is 0 Å². The molecule has 1 fully saturated rings. The minimum Gasteiger partial charge on any atom is -0.375 e. The van der Waals surface area contributed by atoms with Crippen LogP contribution in [0.3, 0.4) is 0 Å².